The number of ether oxygens (including phenoxy) is 1. The van der Waals surface area contributed by atoms with Crippen molar-refractivity contribution in [2.75, 3.05) is 17.7 Å². The largest absolute Gasteiger partial charge is 0.490 e. The summed E-state index contributed by atoms with van der Waals surface area (Å²) in [5.41, 5.74) is 7.29. The average molecular weight is 288 g/mol. The van der Waals surface area contributed by atoms with Crippen LogP contribution in [0.15, 0.2) is 42.5 Å². The van der Waals surface area contributed by atoms with Crippen LogP contribution in [0.25, 0.3) is 0 Å². The molecule has 21 heavy (non-hydrogen) atoms. The molecule has 0 aliphatic carbocycles. The molecule has 0 unspecified atom stereocenters. The molecule has 2 aromatic rings. The lowest BCUT2D eigenvalue weighted by molar-refractivity contribution is -0.116. The van der Waals surface area contributed by atoms with Crippen LogP contribution in [0.4, 0.5) is 15.8 Å². The molecule has 2 aromatic carbocycles. The van der Waals surface area contributed by atoms with E-state index < -0.39 is 5.82 Å². The number of carbonyl (C=O) groups is 1. The number of carbonyl (C=O) groups excluding carboxylic acids is 1. The van der Waals surface area contributed by atoms with Gasteiger partial charge in [-0.25, -0.2) is 4.39 Å². The van der Waals surface area contributed by atoms with Crippen molar-refractivity contribution in [3.63, 3.8) is 0 Å². The summed E-state index contributed by atoms with van der Waals surface area (Å²) < 4.78 is 19.0. The van der Waals surface area contributed by atoms with Crippen molar-refractivity contribution in [3.05, 3.63) is 53.8 Å². The molecule has 0 aromatic heterocycles. The smallest absolute Gasteiger partial charge is 0.227 e. The second-order valence-electron chi connectivity index (χ2n) is 4.62. The van der Waals surface area contributed by atoms with E-state index in [0.29, 0.717) is 16.9 Å². The van der Waals surface area contributed by atoms with Gasteiger partial charge in [-0.3, -0.25) is 4.79 Å². The maximum atomic E-state index is 13.7. The van der Waals surface area contributed by atoms with E-state index in [1.54, 1.807) is 43.3 Å². The number of hydrogen-bond donors (Lipinski definition) is 2. The van der Waals surface area contributed by atoms with Crippen molar-refractivity contribution in [3.8, 4) is 5.75 Å². The number of nitrogens with two attached hydrogens (primary N) is 1. The monoisotopic (exact) mass is 288 g/mol. The molecule has 0 aliphatic rings. The fourth-order valence-electron chi connectivity index (χ4n) is 1.81. The number of halogens is 1. The lowest BCUT2D eigenvalue weighted by Crippen LogP contribution is -2.16. The maximum Gasteiger partial charge on any atom is 0.227 e. The summed E-state index contributed by atoms with van der Waals surface area (Å²) in [5, 5.41) is 2.68. The van der Waals surface area contributed by atoms with Gasteiger partial charge in [-0.2, -0.15) is 0 Å². The van der Waals surface area contributed by atoms with E-state index in [1.165, 1.54) is 6.07 Å². The molecule has 0 spiro atoms. The number of nitrogens with one attached hydrogen (secondary N) is 1. The fraction of sp³-hybridized carbons (Fsp3) is 0.188. The Morgan fingerprint density at radius 2 is 2.00 bits per heavy atom. The van der Waals surface area contributed by atoms with E-state index >= 15 is 0 Å². The van der Waals surface area contributed by atoms with Gasteiger partial charge in [0.1, 0.15) is 0 Å². The first kappa shape index (κ1) is 14.8. The molecule has 3 N–H and O–H groups in total. The minimum Gasteiger partial charge on any atom is -0.490 e. The number of anilines is 2. The molecule has 0 saturated heterocycles. The summed E-state index contributed by atoms with van der Waals surface area (Å²) >= 11 is 0. The van der Waals surface area contributed by atoms with Crippen LogP contribution < -0.4 is 15.8 Å². The van der Waals surface area contributed by atoms with E-state index in [1.807, 2.05) is 0 Å². The predicted molar refractivity (Wildman–Crippen MR) is 80.7 cm³/mol. The molecule has 0 heterocycles. The van der Waals surface area contributed by atoms with Crippen LogP contribution in [0.5, 0.6) is 5.75 Å². The highest BCUT2D eigenvalue weighted by Gasteiger charge is 2.08. The Hall–Kier alpha value is -2.56. The van der Waals surface area contributed by atoms with Crippen molar-refractivity contribution in [2.45, 2.75) is 13.3 Å². The van der Waals surface area contributed by atoms with Crippen LogP contribution in [0.1, 0.15) is 12.0 Å². The number of amides is 1. The summed E-state index contributed by atoms with van der Waals surface area (Å²) in [6, 6.07) is 11.9. The zero-order valence-electron chi connectivity index (χ0n) is 11.7. The number of nitrogen functional groups attached to an aromatic ring is 1. The quantitative estimate of drug-likeness (QED) is 0.831. The number of para-hydroxylation sites is 2. The molecule has 0 bridgehead atoms. The molecule has 0 radical (unpaired) electrons. The SMILES string of the molecule is Cc1cccc(OCCC(=O)Nc2ccccc2N)c1F. The fourth-order valence-corrected chi connectivity index (χ4v) is 1.81. The van der Waals surface area contributed by atoms with E-state index in [9.17, 15) is 9.18 Å². The maximum absolute atomic E-state index is 13.7. The molecule has 5 heteroatoms. The second kappa shape index (κ2) is 6.74. The highest BCUT2D eigenvalue weighted by atomic mass is 19.1. The van der Waals surface area contributed by atoms with Gasteiger partial charge in [0.15, 0.2) is 11.6 Å². The van der Waals surface area contributed by atoms with Crippen LogP contribution in [-0.4, -0.2) is 12.5 Å². The molecule has 110 valence electrons. The van der Waals surface area contributed by atoms with Crippen LogP contribution in [0.3, 0.4) is 0 Å². The van der Waals surface area contributed by atoms with Crippen LogP contribution in [0.2, 0.25) is 0 Å². The topological polar surface area (TPSA) is 64.3 Å². The van der Waals surface area contributed by atoms with E-state index in [4.69, 9.17) is 10.5 Å². The molecule has 2 rings (SSSR count). The highest BCUT2D eigenvalue weighted by Crippen LogP contribution is 2.20. The van der Waals surface area contributed by atoms with Crippen molar-refractivity contribution in [2.24, 2.45) is 0 Å². The first-order valence-corrected chi connectivity index (χ1v) is 6.60. The summed E-state index contributed by atoms with van der Waals surface area (Å²) in [5.74, 6) is -0.479. The van der Waals surface area contributed by atoms with Gasteiger partial charge in [0.25, 0.3) is 0 Å². The van der Waals surface area contributed by atoms with Gasteiger partial charge in [-0.05, 0) is 30.7 Å². The number of aryl methyl sites for hydroxylation is 1. The lowest BCUT2D eigenvalue weighted by atomic mass is 10.2. The van der Waals surface area contributed by atoms with E-state index in [2.05, 4.69) is 5.32 Å². The first-order valence-electron chi connectivity index (χ1n) is 6.60. The van der Waals surface area contributed by atoms with Gasteiger partial charge >= 0.3 is 0 Å². The highest BCUT2D eigenvalue weighted by molar-refractivity contribution is 5.93. The molecule has 4 nitrogen and oxygen atoms in total. The average Bonchev–Trinajstić information content (AvgIpc) is 2.46. The van der Waals surface area contributed by atoms with Crippen LogP contribution in [-0.2, 0) is 4.79 Å². The Kier molecular flexibility index (Phi) is 4.77. The van der Waals surface area contributed by atoms with Crippen molar-refractivity contribution >= 4 is 17.3 Å². The second-order valence-corrected chi connectivity index (χ2v) is 4.62. The number of rotatable bonds is 5. The molecule has 1 amide bonds. The Bertz CT molecular complexity index is 644. The normalized spacial score (nSPS) is 10.2. The van der Waals surface area contributed by atoms with Crippen molar-refractivity contribution in [1.82, 2.24) is 0 Å². The predicted octanol–water partition coefficient (Wildman–Crippen LogP) is 3.12. The van der Waals surface area contributed by atoms with Crippen LogP contribution in [0, 0.1) is 12.7 Å². The van der Waals surface area contributed by atoms with Gasteiger partial charge in [-0.15, -0.1) is 0 Å². The Balaban J connectivity index is 1.85. The van der Waals surface area contributed by atoms with Gasteiger partial charge < -0.3 is 15.8 Å². The third-order valence-electron chi connectivity index (χ3n) is 2.98. The Morgan fingerprint density at radius 1 is 1.24 bits per heavy atom. The third kappa shape index (κ3) is 3.95. The van der Waals surface area contributed by atoms with E-state index in [-0.39, 0.29) is 24.7 Å². The molecular weight excluding hydrogens is 271 g/mol. The summed E-state index contributed by atoms with van der Waals surface area (Å²) in [6.45, 7) is 1.76. The Labute approximate surface area is 122 Å². The number of benzene rings is 2. The zero-order valence-corrected chi connectivity index (χ0v) is 11.7. The van der Waals surface area contributed by atoms with Crippen LogP contribution >= 0.6 is 0 Å². The van der Waals surface area contributed by atoms with Gasteiger partial charge in [0.05, 0.1) is 24.4 Å². The van der Waals surface area contributed by atoms with Crippen molar-refractivity contribution in [1.29, 1.82) is 0 Å². The standard InChI is InChI=1S/C16H17FN2O2/c1-11-5-4-8-14(16(11)17)21-10-9-15(20)19-13-7-3-2-6-12(13)18/h2-8H,9-10,18H2,1H3,(H,19,20). The molecule has 0 atom stereocenters. The molecule has 0 saturated carbocycles. The zero-order chi connectivity index (χ0) is 15.2. The summed E-state index contributed by atoms with van der Waals surface area (Å²) in [7, 11) is 0. The van der Waals surface area contributed by atoms with Gasteiger partial charge in [0.2, 0.25) is 5.91 Å². The summed E-state index contributed by atoms with van der Waals surface area (Å²) in [4.78, 5) is 11.8. The minimum absolute atomic E-state index is 0.0962. The van der Waals surface area contributed by atoms with Gasteiger partial charge in [-0.1, -0.05) is 24.3 Å². The van der Waals surface area contributed by atoms with E-state index in [0.717, 1.165) is 0 Å². The molecule has 0 fully saturated rings. The lowest BCUT2D eigenvalue weighted by Gasteiger charge is -2.10. The van der Waals surface area contributed by atoms with Gasteiger partial charge in [0, 0.05) is 0 Å². The molecule has 0 aliphatic heterocycles. The molecular formula is C16H17FN2O2. The Morgan fingerprint density at radius 3 is 2.76 bits per heavy atom. The third-order valence-corrected chi connectivity index (χ3v) is 2.98. The van der Waals surface area contributed by atoms with Crippen molar-refractivity contribution < 1.29 is 13.9 Å². The summed E-state index contributed by atoms with van der Waals surface area (Å²) in [6.07, 6.45) is 0.113. The first-order chi connectivity index (χ1) is 10.1. The number of hydrogen-bond acceptors (Lipinski definition) is 3. The minimum atomic E-state index is -0.398.